The van der Waals surface area contributed by atoms with Crippen LogP contribution in [0.25, 0.3) is 0 Å². The highest BCUT2D eigenvalue weighted by atomic mass is 35.5. The Morgan fingerprint density at radius 3 is 2.70 bits per heavy atom. The molecule has 6 nitrogen and oxygen atoms in total. The van der Waals surface area contributed by atoms with E-state index < -0.39 is 4.92 Å². The molecule has 1 amide bonds. The lowest BCUT2D eigenvalue weighted by Gasteiger charge is -2.14. The van der Waals surface area contributed by atoms with E-state index in [1.807, 2.05) is 6.92 Å². The third-order valence-corrected chi connectivity index (χ3v) is 3.20. The Bertz CT molecular complexity index is 520. The zero-order valence-corrected chi connectivity index (χ0v) is 12.5. The van der Waals surface area contributed by atoms with E-state index in [-0.39, 0.29) is 22.5 Å². The molecule has 0 radical (unpaired) electrons. The molecule has 1 aromatic carbocycles. The van der Waals surface area contributed by atoms with Crippen LogP contribution in [0.3, 0.4) is 0 Å². The lowest BCUT2D eigenvalue weighted by Crippen LogP contribution is -2.30. The minimum Gasteiger partial charge on any atom is -0.326 e. The summed E-state index contributed by atoms with van der Waals surface area (Å²) in [5.74, 6) is -0.359. The second-order valence-corrected chi connectivity index (χ2v) is 4.98. The molecular formula is C13H18ClN3O3. The van der Waals surface area contributed by atoms with Gasteiger partial charge in [0.2, 0.25) is 5.91 Å². The standard InChI is InChI=1S/C13H18ClN3O3/c1-4-15-7-9(3)13(18)16-11-6-10(14)12(17(19)20)5-8(11)2/h5-6,9,15H,4,7H2,1-3H3,(H,16,18). The number of hydrogen-bond acceptors (Lipinski definition) is 4. The SMILES string of the molecule is CCNCC(C)C(=O)Nc1cc(Cl)c([N+](=O)[O-])cc1C. The molecule has 0 aliphatic carbocycles. The number of anilines is 1. The Morgan fingerprint density at radius 1 is 1.50 bits per heavy atom. The van der Waals surface area contributed by atoms with Crippen molar-refractivity contribution in [1.82, 2.24) is 5.32 Å². The van der Waals surface area contributed by atoms with Gasteiger partial charge in [0.25, 0.3) is 5.69 Å². The van der Waals surface area contributed by atoms with Crippen LogP contribution in [-0.4, -0.2) is 23.9 Å². The van der Waals surface area contributed by atoms with Crippen molar-refractivity contribution in [1.29, 1.82) is 0 Å². The van der Waals surface area contributed by atoms with Crippen LogP contribution in [0.1, 0.15) is 19.4 Å². The maximum Gasteiger partial charge on any atom is 0.288 e. The van der Waals surface area contributed by atoms with Crippen LogP contribution in [0, 0.1) is 23.0 Å². The minimum absolute atomic E-state index is 0.00948. The lowest BCUT2D eigenvalue weighted by atomic mass is 10.1. The second-order valence-electron chi connectivity index (χ2n) is 4.57. The van der Waals surface area contributed by atoms with Gasteiger partial charge in [0, 0.05) is 24.2 Å². The molecule has 110 valence electrons. The van der Waals surface area contributed by atoms with Crippen molar-refractivity contribution in [2.24, 2.45) is 5.92 Å². The molecule has 0 aliphatic heterocycles. The molecule has 1 aromatic rings. The first-order valence-corrected chi connectivity index (χ1v) is 6.70. The average molecular weight is 300 g/mol. The van der Waals surface area contributed by atoms with Crippen LogP contribution in [0.15, 0.2) is 12.1 Å². The van der Waals surface area contributed by atoms with Crippen molar-refractivity contribution >= 4 is 28.9 Å². The third kappa shape index (κ3) is 4.18. The van der Waals surface area contributed by atoms with Gasteiger partial charge in [-0.2, -0.15) is 0 Å². The predicted molar refractivity (Wildman–Crippen MR) is 79.2 cm³/mol. The number of nitrogens with zero attached hydrogens (tertiary/aromatic N) is 1. The van der Waals surface area contributed by atoms with Gasteiger partial charge in [-0.05, 0) is 25.1 Å². The van der Waals surface area contributed by atoms with Gasteiger partial charge in [-0.15, -0.1) is 0 Å². The molecule has 0 fully saturated rings. The first-order valence-electron chi connectivity index (χ1n) is 6.33. The molecule has 20 heavy (non-hydrogen) atoms. The highest BCUT2D eigenvalue weighted by Gasteiger charge is 2.18. The highest BCUT2D eigenvalue weighted by Crippen LogP contribution is 2.30. The molecular weight excluding hydrogens is 282 g/mol. The van der Waals surface area contributed by atoms with Crippen LogP contribution in [0.4, 0.5) is 11.4 Å². The number of nitro benzene ring substituents is 1. The van der Waals surface area contributed by atoms with Crippen molar-refractivity contribution < 1.29 is 9.72 Å². The Morgan fingerprint density at radius 2 is 2.15 bits per heavy atom. The zero-order chi connectivity index (χ0) is 15.3. The molecule has 1 rings (SSSR count). The van der Waals surface area contributed by atoms with E-state index in [2.05, 4.69) is 10.6 Å². The van der Waals surface area contributed by atoms with Crippen LogP contribution in [-0.2, 0) is 4.79 Å². The fraction of sp³-hybridized carbons (Fsp3) is 0.462. The minimum atomic E-state index is -0.547. The van der Waals surface area contributed by atoms with Gasteiger partial charge in [0.1, 0.15) is 5.02 Å². The summed E-state index contributed by atoms with van der Waals surface area (Å²) in [6.45, 7) is 6.82. The Hall–Kier alpha value is -1.66. The lowest BCUT2D eigenvalue weighted by molar-refractivity contribution is -0.384. The Labute approximate surface area is 122 Å². The molecule has 0 saturated heterocycles. The number of hydrogen-bond donors (Lipinski definition) is 2. The highest BCUT2D eigenvalue weighted by molar-refractivity contribution is 6.33. The first kappa shape index (κ1) is 16.4. The molecule has 0 saturated carbocycles. The van der Waals surface area contributed by atoms with Gasteiger partial charge in [0.15, 0.2) is 0 Å². The van der Waals surface area contributed by atoms with Crippen molar-refractivity contribution in [2.45, 2.75) is 20.8 Å². The van der Waals surface area contributed by atoms with Gasteiger partial charge < -0.3 is 10.6 Å². The summed E-state index contributed by atoms with van der Waals surface area (Å²) >= 11 is 5.84. The molecule has 0 aliphatic rings. The number of aryl methyl sites for hydroxylation is 1. The van der Waals surface area contributed by atoms with E-state index in [1.54, 1.807) is 13.8 Å². The summed E-state index contributed by atoms with van der Waals surface area (Å²) in [4.78, 5) is 22.2. The van der Waals surface area contributed by atoms with Crippen LogP contribution in [0.2, 0.25) is 5.02 Å². The van der Waals surface area contributed by atoms with E-state index in [1.165, 1.54) is 12.1 Å². The van der Waals surface area contributed by atoms with Crippen molar-refractivity contribution in [3.8, 4) is 0 Å². The van der Waals surface area contributed by atoms with Crippen molar-refractivity contribution in [2.75, 3.05) is 18.4 Å². The van der Waals surface area contributed by atoms with E-state index in [9.17, 15) is 14.9 Å². The van der Waals surface area contributed by atoms with Gasteiger partial charge in [-0.1, -0.05) is 25.4 Å². The van der Waals surface area contributed by atoms with Gasteiger partial charge in [-0.25, -0.2) is 0 Å². The Kier molecular flexibility index (Phi) is 5.91. The number of carbonyl (C=O) groups is 1. The maximum atomic E-state index is 12.0. The Balaban J connectivity index is 2.85. The van der Waals surface area contributed by atoms with Crippen LogP contribution < -0.4 is 10.6 Å². The van der Waals surface area contributed by atoms with Crippen LogP contribution in [0.5, 0.6) is 0 Å². The summed E-state index contributed by atoms with van der Waals surface area (Å²) in [6, 6.07) is 2.76. The largest absolute Gasteiger partial charge is 0.326 e. The molecule has 1 atom stereocenters. The topological polar surface area (TPSA) is 84.3 Å². The molecule has 0 aromatic heterocycles. The monoisotopic (exact) mass is 299 g/mol. The predicted octanol–water partition coefficient (Wildman–Crippen LogP) is 2.74. The van der Waals surface area contributed by atoms with E-state index in [0.717, 1.165) is 6.54 Å². The van der Waals surface area contributed by atoms with Crippen molar-refractivity contribution in [3.05, 3.63) is 32.8 Å². The maximum absolute atomic E-state index is 12.0. The zero-order valence-electron chi connectivity index (χ0n) is 11.7. The first-order chi connectivity index (χ1) is 9.36. The summed E-state index contributed by atoms with van der Waals surface area (Å²) in [5.41, 5.74) is 0.932. The molecule has 7 heteroatoms. The van der Waals surface area contributed by atoms with Gasteiger partial charge in [-0.3, -0.25) is 14.9 Å². The number of nitro groups is 1. The van der Waals surface area contributed by atoms with E-state index >= 15 is 0 Å². The van der Waals surface area contributed by atoms with Crippen LogP contribution >= 0.6 is 11.6 Å². The fourth-order valence-corrected chi connectivity index (χ4v) is 1.88. The molecule has 0 bridgehead atoms. The van der Waals surface area contributed by atoms with Gasteiger partial charge in [0.05, 0.1) is 4.92 Å². The molecule has 0 spiro atoms. The molecule has 0 heterocycles. The number of halogens is 1. The smallest absolute Gasteiger partial charge is 0.288 e. The van der Waals surface area contributed by atoms with E-state index in [0.29, 0.717) is 17.8 Å². The number of rotatable bonds is 6. The second kappa shape index (κ2) is 7.21. The number of benzene rings is 1. The van der Waals surface area contributed by atoms with E-state index in [4.69, 9.17) is 11.6 Å². The third-order valence-electron chi connectivity index (χ3n) is 2.90. The van der Waals surface area contributed by atoms with Crippen molar-refractivity contribution in [3.63, 3.8) is 0 Å². The number of nitrogens with one attached hydrogen (secondary N) is 2. The number of amides is 1. The summed E-state index contributed by atoms with van der Waals surface area (Å²) < 4.78 is 0. The fourth-order valence-electron chi connectivity index (χ4n) is 1.65. The molecule has 2 N–H and O–H groups in total. The summed E-state index contributed by atoms with van der Waals surface area (Å²) in [7, 11) is 0. The summed E-state index contributed by atoms with van der Waals surface area (Å²) in [5, 5.41) is 16.6. The summed E-state index contributed by atoms with van der Waals surface area (Å²) in [6.07, 6.45) is 0. The quantitative estimate of drug-likeness (QED) is 0.625. The number of carbonyl (C=O) groups excluding carboxylic acids is 1. The average Bonchev–Trinajstić information content (AvgIpc) is 2.39. The van der Waals surface area contributed by atoms with Gasteiger partial charge >= 0.3 is 0 Å². The normalized spacial score (nSPS) is 12.0. The molecule has 1 unspecified atom stereocenters.